The molecule has 0 radical (unpaired) electrons. The lowest BCUT2D eigenvalue weighted by molar-refractivity contribution is 0.217. The minimum atomic E-state index is -0.522. The van der Waals surface area contributed by atoms with Gasteiger partial charge in [-0.05, 0) is 31.5 Å². The minimum Gasteiger partial charge on any atom is -0.492 e. The second-order valence-electron chi connectivity index (χ2n) is 4.25. The number of nitrogens with zero attached hydrogens (tertiary/aromatic N) is 1. The Morgan fingerprint density at radius 1 is 1.53 bits per heavy atom. The van der Waals surface area contributed by atoms with Gasteiger partial charge in [-0.25, -0.2) is 4.39 Å². The van der Waals surface area contributed by atoms with E-state index in [1.54, 1.807) is 12.1 Å². The van der Waals surface area contributed by atoms with Gasteiger partial charge in [-0.3, -0.25) is 0 Å². The maximum absolute atomic E-state index is 13.3. The summed E-state index contributed by atoms with van der Waals surface area (Å²) in [5.41, 5.74) is -0.00345. The number of nitriles is 1. The molecule has 1 aliphatic rings. The molecule has 1 N–H and O–H groups in total. The third kappa shape index (κ3) is 2.95. The van der Waals surface area contributed by atoms with Gasteiger partial charge in [0.2, 0.25) is 0 Å². The molecule has 0 bridgehead atoms. The molecule has 1 unspecified atom stereocenters. The number of benzene rings is 1. The van der Waals surface area contributed by atoms with E-state index in [0.717, 1.165) is 25.9 Å². The highest BCUT2D eigenvalue weighted by atomic mass is 19.1. The fraction of sp³-hybridized carbons (Fsp3) is 0.462. The first-order valence-corrected chi connectivity index (χ1v) is 5.83. The van der Waals surface area contributed by atoms with Gasteiger partial charge in [0.25, 0.3) is 0 Å². The summed E-state index contributed by atoms with van der Waals surface area (Å²) < 4.78 is 18.8. The number of rotatable bonds is 3. The molecule has 1 aromatic rings. The van der Waals surface area contributed by atoms with E-state index >= 15 is 0 Å². The summed E-state index contributed by atoms with van der Waals surface area (Å²) in [6, 6.07) is 6.30. The van der Waals surface area contributed by atoms with Gasteiger partial charge in [-0.15, -0.1) is 0 Å². The van der Waals surface area contributed by atoms with Crippen molar-refractivity contribution in [2.75, 3.05) is 19.7 Å². The molecule has 0 aromatic heterocycles. The lowest BCUT2D eigenvalue weighted by Gasteiger charge is -2.22. The van der Waals surface area contributed by atoms with Crippen molar-refractivity contribution in [1.82, 2.24) is 5.32 Å². The van der Waals surface area contributed by atoms with Crippen LogP contribution >= 0.6 is 0 Å². The number of piperidine rings is 1. The SMILES string of the molecule is N#Cc1c(F)cccc1OCC1CCCNC1. The highest BCUT2D eigenvalue weighted by molar-refractivity contribution is 5.43. The van der Waals surface area contributed by atoms with E-state index in [-0.39, 0.29) is 5.56 Å². The number of hydrogen-bond acceptors (Lipinski definition) is 3. The van der Waals surface area contributed by atoms with Crippen LogP contribution in [0.3, 0.4) is 0 Å². The first kappa shape index (κ1) is 11.9. The van der Waals surface area contributed by atoms with Crippen LogP contribution in [0.4, 0.5) is 4.39 Å². The summed E-state index contributed by atoms with van der Waals surface area (Å²) in [7, 11) is 0. The van der Waals surface area contributed by atoms with Gasteiger partial charge in [-0.2, -0.15) is 5.26 Å². The Hall–Kier alpha value is -1.60. The molecule has 0 aliphatic carbocycles. The van der Waals surface area contributed by atoms with Crippen molar-refractivity contribution in [2.24, 2.45) is 5.92 Å². The predicted octanol–water partition coefficient (Wildman–Crippen LogP) is 2.08. The summed E-state index contributed by atoms with van der Waals surface area (Å²) in [5, 5.41) is 12.1. The maximum Gasteiger partial charge on any atom is 0.144 e. The van der Waals surface area contributed by atoms with Crippen LogP contribution in [0, 0.1) is 23.1 Å². The van der Waals surface area contributed by atoms with Crippen molar-refractivity contribution >= 4 is 0 Å². The molecule has 4 heteroatoms. The molecule has 17 heavy (non-hydrogen) atoms. The standard InChI is InChI=1S/C13H15FN2O/c14-12-4-1-5-13(11(12)7-15)17-9-10-3-2-6-16-8-10/h1,4-5,10,16H,2-3,6,8-9H2. The highest BCUT2D eigenvalue weighted by Gasteiger charge is 2.15. The number of ether oxygens (including phenoxy) is 1. The van der Waals surface area contributed by atoms with Gasteiger partial charge >= 0.3 is 0 Å². The molecule has 2 rings (SSSR count). The van der Waals surface area contributed by atoms with Gasteiger partial charge in [0.05, 0.1) is 6.61 Å². The molecule has 1 fully saturated rings. The summed E-state index contributed by atoms with van der Waals surface area (Å²) in [5.74, 6) is 0.267. The zero-order valence-electron chi connectivity index (χ0n) is 9.58. The molecule has 90 valence electrons. The van der Waals surface area contributed by atoms with E-state index in [9.17, 15) is 4.39 Å². The van der Waals surface area contributed by atoms with E-state index in [2.05, 4.69) is 5.32 Å². The third-order valence-corrected chi connectivity index (χ3v) is 2.96. The van der Waals surface area contributed by atoms with Crippen molar-refractivity contribution in [1.29, 1.82) is 5.26 Å². The first-order chi connectivity index (χ1) is 8.31. The van der Waals surface area contributed by atoms with Crippen LogP contribution in [0.1, 0.15) is 18.4 Å². The lowest BCUT2D eigenvalue weighted by Crippen LogP contribution is -2.33. The highest BCUT2D eigenvalue weighted by Crippen LogP contribution is 2.21. The first-order valence-electron chi connectivity index (χ1n) is 5.83. The molecule has 3 nitrogen and oxygen atoms in total. The Morgan fingerprint density at radius 2 is 2.41 bits per heavy atom. The van der Waals surface area contributed by atoms with Crippen molar-refractivity contribution < 1.29 is 9.13 Å². The van der Waals surface area contributed by atoms with Gasteiger partial charge in [0.1, 0.15) is 23.2 Å². The third-order valence-electron chi connectivity index (χ3n) is 2.96. The van der Waals surface area contributed by atoms with Crippen LogP contribution < -0.4 is 10.1 Å². The average Bonchev–Trinajstić information content (AvgIpc) is 2.37. The fourth-order valence-corrected chi connectivity index (χ4v) is 2.01. The molecule has 0 spiro atoms. The monoisotopic (exact) mass is 234 g/mol. The molecule has 1 atom stereocenters. The molecule has 1 heterocycles. The minimum absolute atomic E-state index is 0.00345. The summed E-state index contributed by atoms with van der Waals surface area (Å²) in [6.07, 6.45) is 2.26. The number of nitrogens with one attached hydrogen (secondary N) is 1. The smallest absolute Gasteiger partial charge is 0.144 e. The van der Waals surface area contributed by atoms with E-state index in [1.165, 1.54) is 6.07 Å². The largest absolute Gasteiger partial charge is 0.492 e. The number of halogens is 1. The van der Waals surface area contributed by atoms with Gasteiger partial charge in [-0.1, -0.05) is 6.07 Å². The van der Waals surface area contributed by atoms with Crippen LogP contribution in [-0.4, -0.2) is 19.7 Å². The molecule has 0 saturated carbocycles. The molecular formula is C13H15FN2O. The quantitative estimate of drug-likeness (QED) is 0.870. The summed E-state index contributed by atoms with van der Waals surface area (Å²) >= 11 is 0. The molecule has 1 saturated heterocycles. The second kappa shape index (κ2) is 5.65. The zero-order valence-corrected chi connectivity index (χ0v) is 9.58. The van der Waals surface area contributed by atoms with Gasteiger partial charge in [0.15, 0.2) is 0 Å². The zero-order chi connectivity index (χ0) is 12.1. The summed E-state index contributed by atoms with van der Waals surface area (Å²) in [4.78, 5) is 0. The van der Waals surface area contributed by atoms with Crippen LogP contribution in [0.25, 0.3) is 0 Å². The normalized spacial score (nSPS) is 19.6. The van der Waals surface area contributed by atoms with Crippen LogP contribution in [0.15, 0.2) is 18.2 Å². The fourth-order valence-electron chi connectivity index (χ4n) is 2.01. The molecule has 1 aromatic carbocycles. The van der Waals surface area contributed by atoms with E-state index in [0.29, 0.717) is 18.3 Å². The Kier molecular flexibility index (Phi) is 3.94. The average molecular weight is 234 g/mol. The van der Waals surface area contributed by atoms with Gasteiger partial charge < -0.3 is 10.1 Å². The Labute approximate surface area is 100 Å². The molecule has 0 amide bonds. The Morgan fingerprint density at radius 3 is 3.12 bits per heavy atom. The Balaban J connectivity index is 1.99. The topological polar surface area (TPSA) is 45.0 Å². The predicted molar refractivity (Wildman–Crippen MR) is 62.2 cm³/mol. The van der Waals surface area contributed by atoms with Crippen molar-refractivity contribution in [2.45, 2.75) is 12.8 Å². The Bertz CT molecular complexity index is 422. The van der Waals surface area contributed by atoms with Crippen molar-refractivity contribution in [3.63, 3.8) is 0 Å². The van der Waals surface area contributed by atoms with Crippen LogP contribution in [-0.2, 0) is 0 Å². The second-order valence-corrected chi connectivity index (χ2v) is 4.25. The molecule has 1 aliphatic heterocycles. The van der Waals surface area contributed by atoms with Crippen molar-refractivity contribution in [3.05, 3.63) is 29.6 Å². The van der Waals surface area contributed by atoms with Crippen LogP contribution in [0.2, 0.25) is 0 Å². The maximum atomic E-state index is 13.3. The lowest BCUT2D eigenvalue weighted by atomic mass is 10.0. The van der Waals surface area contributed by atoms with E-state index in [4.69, 9.17) is 10.00 Å². The number of hydrogen-bond donors (Lipinski definition) is 1. The van der Waals surface area contributed by atoms with Crippen LogP contribution in [0.5, 0.6) is 5.75 Å². The van der Waals surface area contributed by atoms with Gasteiger partial charge in [0, 0.05) is 12.5 Å². The van der Waals surface area contributed by atoms with E-state index < -0.39 is 5.82 Å². The van der Waals surface area contributed by atoms with Crippen molar-refractivity contribution in [3.8, 4) is 11.8 Å². The molecular weight excluding hydrogens is 219 g/mol. The van der Waals surface area contributed by atoms with E-state index in [1.807, 2.05) is 6.07 Å². The summed E-state index contributed by atoms with van der Waals surface area (Å²) in [6.45, 7) is 2.52.